The van der Waals surface area contributed by atoms with E-state index >= 15 is 0 Å². The molecule has 140 valence electrons. The third-order valence-corrected chi connectivity index (χ3v) is 8.15. The fourth-order valence-corrected chi connectivity index (χ4v) is 7.20. The lowest BCUT2D eigenvalue weighted by Gasteiger charge is -2.24. The molecule has 0 bridgehead atoms. The van der Waals surface area contributed by atoms with Gasteiger partial charge >= 0.3 is 0 Å². The number of carbonyl (C=O) groups excluding carboxylic acids is 1. The number of nitrogens with zero attached hydrogens (tertiary/aromatic N) is 2. The molecule has 4 rings (SSSR count). The third kappa shape index (κ3) is 3.07. The molecule has 1 amide bonds. The van der Waals surface area contributed by atoms with Crippen molar-refractivity contribution < 1.29 is 22.7 Å². The Balaban J connectivity index is 1.73. The van der Waals surface area contributed by atoms with Crippen LogP contribution in [-0.2, 0) is 14.6 Å². The van der Waals surface area contributed by atoms with E-state index in [1.807, 2.05) is 30.9 Å². The molecular weight excluding hydrogens is 376 g/mol. The molecule has 0 unspecified atom stereocenters. The normalized spacial score (nSPS) is 28.4. The van der Waals surface area contributed by atoms with Gasteiger partial charge in [0.1, 0.15) is 0 Å². The zero-order valence-electron chi connectivity index (χ0n) is 14.5. The topological polar surface area (TPSA) is 85.3 Å². The van der Waals surface area contributed by atoms with E-state index in [9.17, 15) is 13.2 Å². The molecule has 9 heteroatoms. The summed E-state index contributed by atoms with van der Waals surface area (Å²) in [6.07, 6.45) is 0.714. The van der Waals surface area contributed by atoms with Gasteiger partial charge in [-0.05, 0) is 18.6 Å². The second kappa shape index (κ2) is 6.45. The summed E-state index contributed by atoms with van der Waals surface area (Å²) in [4.78, 5) is 18.6. The first-order valence-electron chi connectivity index (χ1n) is 8.56. The highest BCUT2D eigenvalue weighted by atomic mass is 32.2. The number of amidine groups is 1. The summed E-state index contributed by atoms with van der Waals surface area (Å²) >= 11 is 1.38. The first-order valence-corrected chi connectivity index (χ1v) is 11.3. The Kier molecular flexibility index (Phi) is 4.38. The van der Waals surface area contributed by atoms with Gasteiger partial charge < -0.3 is 14.4 Å². The summed E-state index contributed by atoms with van der Waals surface area (Å²) in [7, 11) is -3.09. The van der Waals surface area contributed by atoms with Crippen LogP contribution < -0.4 is 14.4 Å². The van der Waals surface area contributed by atoms with Crippen molar-refractivity contribution in [1.82, 2.24) is 0 Å². The van der Waals surface area contributed by atoms with Gasteiger partial charge in [0.25, 0.3) is 5.91 Å². The lowest BCUT2D eigenvalue weighted by Crippen LogP contribution is -2.37. The van der Waals surface area contributed by atoms with Crippen LogP contribution in [0.3, 0.4) is 0 Å². The zero-order chi connectivity index (χ0) is 18.5. The lowest BCUT2D eigenvalue weighted by molar-refractivity contribution is -0.121. The number of aliphatic imine (C=N–C) groups is 1. The van der Waals surface area contributed by atoms with Crippen LogP contribution >= 0.6 is 11.8 Å². The highest BCUT2D eigenvalue weighted by Crippen LogP contribution is 2.44. The van der Waals surface area contributed by atoms with Gasteiger partial charge in [-0.25, -0.2) is 8.42 Å². The molecule has 0 aromatic heterocycles. The fourth-order valence-electron chi connectivity index (χ4n) is 3.28. The van der Waals surface area contributed by atoms with Crippen LogP contribution in [0.4, 0.5) is 5.69 Å². The Bertz CT molecular complexity index is 883. The number of benzene rings is 1. The number of hydrogen-bond donors (Lipinski definition) is 0. The van der Waals surface area contributed by atoms with Gasteiger partial charge in [-0.3, -0.25) is 4.79 Å². The van der Waals surface area contributed by atoms with Crippen LogP contribution in [0.2, 0.25) is 0 Å². The molecule has 7 nitrogen and oxygen atoms in total. The summed E-state index contributed by atoms with van der Waals surface area (Å²) < 4.78 is 35.0. The standard InChI is InChI=1S/C17H20N2O5S2/c1-3-10(2)16(20)18-17-19(12-7-26(21,22)8-15(12)25-17)11-4-5-13-14(6-11)24-9-23-13/h4-6,10,12,15H,3,7-9H2,1-2H3/t10-,12+,15-/m1/s1. The molecule has 0 saturated carbocycles. The largest absolute Gasteiger partial charge is 0.454 e. The third-order valence-electron chi connectivity index (χ3n) is 4.94. The van der Waals surface area contributed by atoms with Crippen molar-refractivity contribution in [3.05, 3.63) is 18.2 Å². The molecule has 2 saturated heterocycles. The van der Waals surface area contributed by atoms with Crippen LogP contribution in [0.25, 0.3) is 0 Å². The molecule has 26 heavy (non-hydrogen) atoms. The van der Waals surface area contributed by atoms with Gasteiger partial charge in [0.2, 0.25) is 6.79 Å². The maximum absolute atomic E-state index is 12.4. The van der Waals surface area contributed by atoms with E-state index in [2.05, 4.69) is 4.99 Å². The van der Waals surface area contributed by atoms with Gasteiger partial charge in [-0.1, -0.05) is 25.6 Å². The zero-order valence-corrected chi connectivity index (χ0v) is 16.2. The molecule has 3 aliphatic heterocycles. The number of sulfone groups is 1. The summed E-state index contributed by atoms with van der Waals surface area (Å²) in [6, 6.07) is 5.24. The second-order valence-electron chi connectivity index (χ2n) is 6.75. The minimum absolute atomic E-state index is 0.0651. The fraction of sp³-hybridized carbons (Fsp3) is 0.529. The van der Waals surface area contributed by atoms with Gasteiger partial charge in [0, 0.05) is 22.9 Å². The predicted octanol–water partition coefficient (Wildman–Crippen LogP) is 2.06. The second-order valence-corrected chi connectivity index (χ2v) is 10.1. The van der Waals surface area contributed by atoms with Gasteiger partial charge in [-0.15, -0.1) is 0 Å². The van der Waals surface area contributed by atoms with E-state index in [1.54, 1.807) is 6.07 Å². The van der Waals surface area contributed by atoms with Crippen molar-refractivity contribution in [3.63, 3.8) is 0 Å². The van der Waals surface area contributed by atoms with Crippen molar-refractivity contribution in [2.45, 2.75) is 31.6 Å². The van der Waals surface area contributed by atoms with Crippen molar-refractivity contribution >= 4 is 38.4 Å². The number of ether oxygens (including phenoxy) is 2. The average Bonchev–Trinajstić information content (AvgIpc) is 3.25. The van der Waals surface area contributed by atoms with E-state index in [1.165, 1.54) is 11.8 Å². The number of amides is 1. The SMILES string of the molecule is CC[C@@H](C)C(=O)N=C1S[C@@H]2CS(=O)(=O)C[C@@H]2N1c1ccc2c(c1)OCO2. The molecule has 3 heterocycles. The lowest BCUT2D eigenvalue weighted by atomic mass is 10.1. The maximum Gasteiger partial charge on any atom is 0.250 e. The van der Waals surface area contributed by atoms with E-state index in [0.29, 0.717) is 23.1 Å². The van der Waals surface area contributed by atoms with Crippen LogP contribution in [0, 0.1) is 5.92 Å². The Labute approximate surface area is 156 Å². The van der Waals surface area contributed by atoms with E-state index in [-0.39, 0.29) is 41.4 Å². The number of hydrogen-bond acceptors (Lipinski definition) is 6. The predicted molar refractivity (Wildman–Crippen MR) is 101 cm³/mol. The molecule has 0 N–H and O–H groups in total. The number of anilines is 1. The Hall–Kier alpha value is -1.74. The summed E-state index contributed by atoms with van der Waals surface area (Å²) in [5.41, 5.74) is 0.766. The van der Waals surface area contributed by atoms with Gasteiger partial charge in [0.05, 0.1) is 17.5 Å². The van der Waals surface area contributed by atoms with Crippen molar-refractivity contribution in [2.75, 3.05) is 23.2 Å². The maximum atomic E-state index is 12.4. The van der Waals surface area contributed by atoms with Crippen LogP contribution in [0.5, 0.6) is 11.5 Å². The minimum atomic E-state index is -3.09. The monoisotopic (exact) mass is 396 g/mol. The highest BCUT2D eigenvalue weighted by molar-refractivity contribution is 8.16. The smallest absolute Gasteiger partial charge is 0.250 e. The number of fused-ring (bicyclic) bond motifs is 2. The van der Waals surface area contributed by atoms with Crippen LogP contribution in [-0.4, -0.2) is 49.1 Å². The first kappa shape index (κ1) is 17.7. The van der Waals surface area contributed by atoms with Gasteiger partial charge in [-0.2, -0.15) is 4.99 Å². The molecule has 0 spiro atoms. The summed E-state index contributed by atoms with van der Waals surface area (Å²) in [6.45, 7) is 3.96. The van der Waals surface area contributed by atoms with Crippen molar-refractivity contribution in [2.24, 2.45) is 10.9 Å². The molecule has 3 aliphatic rings. The Morgan fingerprint density at radius 1 is 1.35 bits per heavy atom. The summed E-state index contributed by atoms with van der Waals surface area (Å²) in [5, 5.41) is 0.452. The van der Waals surface area contributed by atoms with Crippen molar-refractivity contribution in [3.8, 4) is 11.5 Å². The van der Waals surface area contributed by atoms with E-state index in [0.717, 1.165) is 5.69 Å². The Morgan fingerprint density at radius 3 is 2.88 bits per heavy atom. The quantitative estimate of drug-likeness (QED) is 0.773. The van der Waals surface area contributed by atoms with E-state index in [4.69, 9.17) is 9.47 Å². The van der Waals surface area contributed by atoms with Crippen LogP contribution in [0.15, 0.2) is 23.2 Å². The molecule has 1 aromatic rings. The number of thioether (sulfide) groups is 1. The molecule has 1 aromatic carbocycles. The molecular formula is C17H20N2O5S2. The molecule has 3 atom stereocenters. The number of carbonyl (C=O) groups is 1. The molecule has 0 aliphatic carbocycles. The summed E-state index contributed by atoms with van der Waals surface area (Å²) in [5.74, 6) is 1.11. The number of rotatable bonds is 3. The Morgan fingerprint density at radius 2 is 2.12 bits per heavy atom. The van der Waals surface area contributed by atoms with Crippen LogP contribution in [0.1, 0.15) is 20.3 Å². The van der Waals surface area contributed by atoms with E-state index < -0.39 is 9.84 Å². The average molecular weight is 396 g/mol. The van der Waals surface area contributed by atoms with Crippen molar-refractivity contribution in [1.29, 1.82) is 0 Å². The minimum Gasteiger partial charge on any atom is -0.454 e. The first-order chi connectivity index (χ1) is 12.4. The molecule has 2 fully saturated rings. The highest BCUT2D eigenvalue weighted by Gasteiger charge is 2.49. The van der Waals surface area contributed by atoms with Gasteiger partial charge in [0.15, 0.2) is 26.5 Å². The molecule has 0 radical (unpaired) electrons.